The predicted octanol–water partition coefficient (Wildman–Crippen LogP) is 2.56. The predicted molar refractivity (Wildman–Crippen MR) is 94.2 cm³/mol. The number of hydrogen-bond donors (Lipinski definition) is 1. The van der Waals surface area contributed by atoms with E-state index in [0.717, 1.165) is 0 Å². The highest BCUT2D eigenvalue weighted by Gasteiger charge is 2.34. The molecule has 0 saturated heterocycles. The molecule has 1 N–H and O–H groups in total. The lowest BCUT2D eigenvalue weighted by Gasteiger charge is -2.13. The van der Waals surface area contributed by atoms with Crippen LogP contribution in [0.25, 0.3) is 0 Å². The zero-order valence-corrected chi connectivity index (χ0v) is 14.2. The third-order valence-electron chi connectivity index (χ3n) is 4.34. The third kappa shape index (κ3) is 3.79. The number of benzene rings is 2. The number of nitrogens with zero attached hydrogens (tertiary/aromatic N) is 1. The molecule has 2 aromatic rings. The van der Waals surface area contributed by atoms with E-state index >= 15 is 0 Å². The SMILES string of the molecule is O=C(CCCN1C(=O)c2ccccc2C1=O)NCCc1ccccc1F. The van der Waals surface area contributed by atoms with Gasteiger partial charge < -0.3 is 5.32 Å². The van der Waals surface area contributed by atoms with Gasteiger partial charge in [-0.05, 0) is 36.6 Å². The molecule has 1 aliphatic heterocycles. The average molecular weight is 354 g/mol. The van der Waals surface area contributed by atoms with Crippen molar-refractivity contribution < 1.29 is 18.8 Å². The van der Waals surface area contributed by atoms with Crippen molar-refractivity contribution in [3.05, 3.63) is 71.0 Å². The fourth-order valence-electron chi connectivity index (χ4n) is 2.97. The highest BCUT2D eigenvalue weighted by molar-refractivity contribution is 6.21. The summed E-state index contributed by atoms with van der Waals surface area (Å²) >= 11 is 0. The van der Waals surface area contributed by atoms with Crippen LogP contribution in [0.15, 0.2) is 48.5 Å². The van der Waals surface area contributed by atoms with Gasteiger partial charge in [-0.3, -0.25) is 19.3 Å². The summed E-state index contributed by atoms with van der Waals surface area (Å²) < 4.78 is 13.5. The van der Waals surface area contributed by atoms with E-state index in [9.17, 15) is 18.8 Å². The van der Waals surface area contributed by atoms with Crippen molar-refractivity contribution in [3.63, 3.8) is 0 Å². The first-order valence-corrected chi connectivity index (χ1v) is 8.53. The van der Waals surface area contributed by atoms with Crippen molar-refractivity contribution in [3.8, 4) is 0 Å². The Bertz CT molecular complexity index is 815. The summed E-state index contributed by atoms with van der Waals surface area (Å²) in [4.78, 5) is 37.5. The number of nitrogens with one attached hydrogen (secondary N) is 1. The Hall–Kier alpha value is -3.02. The Kier molecular flexibility index (Phi) is 5.41. The average Bonchev–Trinajstić information content (AvgIpc) is 2.88. The molecule has 0 radical (unpaired) electrons. The smallest absolute Gasteiger partial charge is 0.261 e. The monoisotopic (exact) mass is 354 g/mol. The van der Waals surface area contributed by atoms with Gasteiger partial charge in [0.05, 0.1) is 11.1 Å². The minimum atomic E-state index is -0.314. The Labute approximate surface area is 150 Å². The van der Waals surface area contributed by atoms with Gasteiger partial charge in [0.15, 0.2) is 0 Å². The summed E-state index contributed by atoms with van der Waals surface area (Å²) in [5.41, 5.74) is 1.37. The molecule has 0 atom stereocenters. The molecule has 0 bridgehead atoms. The highest BCUT2D eigenvalue weighted by Crippen LogP contribution is 2.22. The topological polar surface area (TPSA) is 66.5 Å². The Balaban J connectivity index is 1.41. The molecule has 1 heterocycles. The van der Waals surface area contributed by atoms with E-state index in [1.165, 1.54) is 11.0 Å². The molecule has 0 aromatic heterocycles. The van der Waals surface area contributed by atoms with Crippen LogP contribution in [0.1, 0.15) is 39.1 Å². The maximum absolute atomic E-state index is 13.5. The van der Waals surface area contributed by atoms with E-state index in [2.05, 4.69) is 5.32 Å². The molecular formula is C20H19FN2O3. The molecule has 0 saturated carbocycles. The van der Waals surface area contributed by atoms with E-state index in [0.29, 0.717) is 36.1 Å². The number of carbonyl (C=O) groups is 3. The third-order valence-corrected chi connectivity index (χ3v) is 4.34. The first-order valence-electron chi connectivity index (χ1n) is 8.53. The lowest BCUT2D eigenvalue weighted by molar-refractivity contribution is -0.121. The molecule has 3 rings (SSSR count). The quantitative estimate of drug-likeness (QED) is 0.777. The first kappa shape index (κ1) is 17.8. The van der Waals surface area contributed by atoms with Gasteiger partial charge in [-0.1, -0.05) is 30.3 Å². The molecule has 0 fully saturated rings. The standard InChI is InChI=1S/C20H19FN2O3/c21-17-9-4-1-6-14(17)11-12-22-18(24)10-5-13-23-19(25)15-7-2-3-8-16(15)20(23)26/h1-4,6-9H,5,10-13H2,(H,22,24). The van der Waals surface area contributed by atoms with Crippen molar-refractivity contribution >= 4 is 17.7 Å². The summed E-state index contributed by atoms with van der Waals surface area (Å²) in [6.45, 7) is 0.542. The fraction of sp³-hybridized carbons (Fsp3) is 0.250. The second kappa shape index (κ2) is 7.91. The van der Waals surface area contributed by atoms with Gasteiger partial charge in [0, 0.05) is 19.5 Å². The Morgan fingerprint density at radius 3 is 2.23 bits per heavy atom. The summed E-state index contributed by atoms with van der Waals surface area (Å²) in [5.74, 6) is -1.10. The first-order chi connectivity index (χ1) is 12.6. The van der Waals surface area contributed by atoms with Crippen molar-refractivity contribution in [1.29, 1.82) is 0 Å². The lowest BCUT2D eigenvalue weighted by atomic mass is 10.1. The van der Waals surface area contributed by atoms with Crippen LogP contribution in [0.2, 0.25) is 0 Å². The molecule has 1 aliphatic rings. The zero-order valence-electron chi connectivity index (χ0n) is 14.2. The zero-order chi connectivity index (χ0) is 18.5. The molecule has 26 heavy (non-hydrogen) atoms. The minimum absolute atomic E-state index is 0.182. The molecule has 3 amide bonds. The molecule has 0 spiro atoms. The van der Waals surface area contributed by atoms with Gasteiger partial charge in [0.1, 0.15) is 5.82 Å². The molecular weight excluding hydrogens is 335 g/mol. The van der Waals surface area contributed by atoms with Crippen LogP contribution in [0.4, 0.5) is 4.39 Å². The fourth-order valence-corrected chi connectivity index (χ4v) is 2.97. The number of hydrogen-bond acceptors (Lipinski definition) is 3. The van der Waals surface area contributed by atoms with Gasteiger partial charge in [0.25, 0.3) is 11.8 Å². The van der Waals surface area contributed by atoms with Gasteiger partial charge in [-0.2, -0.15) is 0 Å². The molecule has 5 nitrogen and oxygen atoms in total. The van der Waals surface area contributed by atoms with Crippen molar-refractivity contribution in [1.82, 2.24) is 10.2 Å². The summed E-state index contributed by atoms with van der Waals surface area (Å²) in [5, 5.41) is 2.73. The van der Waals surface area contributed by atoms with Gasteiger partial charge in [-0.15, -0.1) is 0 Å². The lowest BCUT2D eigenvalue weighted by Crippen LogP contribution is -2.32. The van der Waals surface area contributed by atoms with Crippen molar-refractivity contribution in [2.75, 3.05) is 13.1 Å². The minimum Gasteiger partial charge on any atom is -0.356 e. The number of amides is 3. The van der Waals surface area contributed by atoms with Crippen LogP contribution in [-0.2, 0) is 11.2 Å². The highest BCUT2D eigenvalue weighted by atomic mass is 19.1. The largest absolute Gasteiger partial charge is 0.356 e. The van der Waals surface area contributed by atoms with E-state index in [-0.39, 0.29) is 36.5 Å². The second-order valence-electron chi connectivity index (χ2n) is 6.10. The van der Waals surface area contributed by atoms with Crippen molar-refractivity contribution in [2.45, 2.75) is 19.3 Å². The second-order valence-corrected chi connectivity index (χ2v) is 6.10. The molecule has 0 unspecified atom stereocenters. The van der Waals surface area contributed by atoms with Crippen LogP contribution in [0, 0.1) is 5.82 Å². The van der Waals surface area contributed by atoms with E-state index in [4.69, 9.17) is 0 Å². The Morgan fingerprint density at radius 1 is 0.962 bits per heavy atom. The van der Waals surface area contributed by atoms with Crippen LogP contribution >= 0.6 is 0 Å². The summed E-state index contributed by atoms with van der Waals surface area (Å²) in [7, 11) is 0. The Morgan fingerprint density at radius 2 is 1.58 bits per heavy atom. The molecule has 0 aliphatic carbocycles. The van der Waals surface area contributed by atoms with E-state index in [1.807, 2.05) is 0 Å². The maximum atomic E-state index is 13.5. The molecule has 134 valence electrons. The van der Waals surface area contributed by atoms with Gasteiger partial charge in [-0.25, -0.2) is 4.39 Å². The van der Waals surface area contributed by atoms with Crippen LogP contribution < -0.4 is 5.32 Å². The molecule has 2 aromatic carbocycles. The maximum Gasteiger partial charge on any atom is 0.261 e. The molecule has 6 heteroatoms. The summed E-state index contributed by atoms with van der Waals surface area (Å²) in [6, 6.07) is 13.1. The van der Waals surface area contributed by atoms with E-state index in [1.54, 1.807) is 42.5 Å². The van der Waals surface area contributed by atoms with Crippen LogP contribution in [0.3, 0.4) is 0 Å². The van der Waals surface area contributed by atoms with E-state index < -0.39 is 0 Å². The normalized spacial score (nSPS) is 13.0. The van der Waals surface area contributed by atoms with Gasteiger partial charge in [0.2, 0.25) is 5.91 Å². The number of rotatable bonds is 7. The number of carbonyl (C=O) groups excluding carboxylic acids is 3. The summed E-state index contributed by atoms with van der Waals surface area (Å²) in [6.07, 6.45) is 0.999. The number of halogens is 1. The van der Waals surface area contributed by atoms with Gasteiger partial charge >= 0.3 is 0 Å². The van der Waals surface area contributed by atoms with Crippen molar-refractivity contribution in [2.24, 2.45) is 0 Å². The van der Waals surface area contributed by atoms with Crippen LogP contribution in [0.5, 0.6) is 0 Å². The number of imide groups is 1. The van der Waals surface area contributed by atoms with Crippen LogP contribution in [-0.4, -0.2) is 35.7 Å². The number of fused-ring (bicyclic) bond motifs is 1.